The first-order valence-corrected chi connectivity index (χ1v) is 6.64. The first-order chi connectivity index (χ1) is 9.15. The summed E-state index contributed by atoms with van der Waals surface area (Å²) >= 11 is 0. The Bertz CT molecular complexity index is 347. The van der Waals surface area contributed by atoms with Crippen LogP contribution in [0.15, 0.2) is 0 Å². The SMILES string of the molecule is CC(C)C(CNC(=O)NC(CC(=O)O)C(=O)O)C(C)C. The lowest BCUT2D eigenvalue weighted by Crippen LogP contribution is -2.48. The van der Waals surface area contributed by atoms with E-state index in [9.17, 15) is 14.4 Å². The molecule has 116 valence electrons. The summed E-state index contributed by atoms with van der Waals surface area (Å²) in [4.78, 5) is 32.9. The molecule has 0 rings (SSSR count). The van der Waals surface area contributed by atoms with E-state index in [4.69, 9.17) is 10.2 Å². The molecule has 0 fully saturated rings. The maximum atomic E-state index is 11.6. The second-order valence-corrected chi connectivity index (χ2v) is 5.49. The van der Waals surface area contributed by atoms with Gasteiger partial charge < -0.3 is 20.8 Å². The van der Waals surface area contributed by atoms with Gasteiger partial charge in [-0.2, -0.15) is 0 Å². The molecule has 0 aliphatic heterocycles. The quantitative estimate of drug-likeness (QED) is 0.534. The average Bonchev–Trinajstić information content (AvgIpc) is 2.26. The fourth-order valence-electron chi connectivity index (χ4n) is 2.04. The molecule has 20 heavy (non-hydrogen) atoms. The zero-order valence-corrected chi connectivity index (χ0v) is 12.3. The van der Waals surface area contributed by atoms with Crippen molar-refractivity contribution < 1.29 is 24.6 Å². The van der Waals surface area contributed by atoms with Gasteiger partial charge in [-0.05, 0) is 17.8 Å². The molecular weight excluding hydrogens is 264 g/mol. The van der Waals surface area contributed by atoms with Gasteiger partial charge in [0.2, 0.25) is 0 Å². The van der Waals surface area contributed by atoms with Crippen molar-refractivity contribution in [3.63, 3.8) is 0 Å². The topological polar surface area (TPSA) is 116 Å². The molecule has 0 aliphatic rings. The minimum Gasteiger partial charge on any atom is -0.481 e. The molecule has 1 unspecified atom stereocenters. The van der Waals surface area contributed by atoms with E-state index in [2.05, 4.69) is 38.3 Å². The Morgan fingerprint density at radius 2 is 1.50 bits per heavy atom. The van der Waals surface area contributed by atoms with Crippen molar-refractivity contribution in [2.45, 2.75) is 40.2 Å². The number of aliphatic carboxylic acids is 2. The van der Waals surface area contributed by atoms with E-state index in [1.807, 2.05) is 0 Å². The van der Waals surface area contributed by atoms with Gasteiger partial charge >= 0.3 is 18.0 Å². The molecule has 0 aromatic heterocycles. The number of carboxylic acids is 2. The molecule has 0 heterocycles. The van der Waals surface area contributed by atoms with Gasteiger partial charge in [0, 0.05) is 6.54 Å². The van der Waals surface area contributed by atoms with Gasteiger partial charge in [0.15, 0.2) is 0 Å². The van der Waals surface area contributed by atoms with Gasteiger partial charge in [0.1, 0.15) is 6.04 Å². The van der Waals surface area contributed by atoms with Crippen molar-refractivity contribution in [1.29, 1.82) is 0 Å². The van der Waals surface area contributed by atoms with Crippen molar-refractivity contribution >= 4 is 18.0 Å². The molecule has 0 saturated carbocycles. The Labute approximate surface area is 118 Å². The van der Waals surface area contributed by atoms with Crippen LogP contribution in [0.4, 0.5) is 4.79 Å². The highest BCUT2D eigenvalue weighted by molar-refractivity contribution is 5.86. The Hall–Kier alpha value is -1.79. The lowest BCUT2D eigenvalue weighted by Gasteiger charge is -2.25. The van der Waals surface area contributed by atoms with E-state index in [1.165, 1.54) is 0 Å². The molecule has 4 N–H and O–H groups in total. The Kier molecular flexibility index (Phi) is 7.64. The number of rotatable bonds is 8. The standard InChI is InChI=1S/C13H24N2O5/c1-7(2)9(8(3)4)6-14-13(20)15-10(12(18)19)5-11(16)17/h7-10H,5-6H2,1-4H3,(H,16,17)(H,18,19)(H2,14,15,20). The smallest absolute Gasteiger partial charge is 0.326 e. The first kappa shape index (κ1) is 18.2. The van der Waals surface area contributed by atoms with Crippen LogP contribution in [0.25, 0.3) is 0 Å². The highest BCUT2D eigenvalue weighted by Gasteiger charge is 2.24. The third kappa shape index (κ3) is 6.96. The summed E-state index contributed by atoms with van der Waals surface area (Å²) in [6.07, 6.45) is -0.652. The highest BCUT2D eigenvalue weighted by Crippen LogP contribution is 2.19. The maximum Gasteiger partial charge on any atom is 0.326 e. The Morgan fingerprint density at radius 1 is 1.00 bits per heavy atom. The van der Waals surface area contributed by atoms with E-state index in [0.717, 1.165) is 0 Å². The number of hydrogen-bond donors (Lipinski definition) is 4. The molecule has 0 radical (unpaired) electrons. The van der Waals surface area contributed by atoms with E-state index in [0.29, 0.717) is 18.4 Å². The average molecular weight is 288 g/mol. The number of amides is 2. The summed E-state index contributed by atoms with van der Waals surface area (Å²) in [6.45, 7) is 8.62. The van der Waals surface area contributed by atoms with Crippen LogP contribution in [0, 0.1) is 17.8 Å². The minimum atomic E-state index is -1.43. The van der Waals surface area contributed by atoms with Gasteiger partial charge in [-0.25, -0.2) is 9.59 Å². The normalized spacial score (nSPS) is 12.6. The number of carboxylic acid groups (broad SMARTS) is 2. The lowest BCUT2D eigenvalue weighted by molar-refractivity contribution is -0.145. The van der Waals surface area contributed by atoms with Gasteiger partial charge in [-0.1, -0.05) is 27.7 Å². The van der Waals surface area contributed by atoms with E-state index in [1.54, 1.807) is 0 Å². The predicted octanol–water partition coefficient (Wildman–Crippen LogP) is 1.14. The third-order valence-corrected chi connectivity index (χ3v) is 3.19. The van der Waals surface area contributed by atoms with Crippen LogP contribution in [0.3, 0.4) is 0 Å². The molecule has 0 aliphatic carbocycles. The number of carbonyl (C=O) groups excluding carboxylic acids is 1. The Balaban J connectivity index is 4.39. The largest absolute Gasteiger partial charge is 0.481 e. The summed E-state index contributed by atoms with van der Waals surface area (Å²) in [5.41, 5.74) is 0. The van der Waals surface area contributed by atoms with Crippen molar-refractivity contribution in [3.05, 3.63) is 0 Å². The summed E-state index contributed by atoms with van der Waals surface area (Å²) < 4.78 is 0. The Morgan fingerprint density at radius 3 is 1.85 bits per heavy atom. The highest BCUT2D eigenvalue weighted by atomic mass is 16.4. The molecular formula is C13H24N2O5. The van der Waals surface area contributed by atoms with Crippen LogP contribution < -0.4 is 10.6 Å². The number of urea groups is 1. The van der Waals surface area contributed by atoms with Crippen LogP contribution in [0.1, 0.15) is 34.1 Å². The monoisotopic (exact) mass is 288 g/mol. The number of carbonyl (C=O) groups is 3. The zero-order chi connectivity index (χ0) is 15.9. The molecule has 0 aromatic carbocycles. The van der Waals surface area contributed by atoms with E-state index >= 15 is 0 Å². The van der Waals surface area contributed by atoms with Crippen LogP contribution >= 0.6 is 0 Å². The van der Waals surface area contributed by atoms with Gasteiger partial charge in [0.05, 0.1) is 6.42 Å². The zero-order valence-electron chi connectivity index (χ0n) is 12.3. The predicted molar refractivity (Wildman–Crippen MR) is 73.4 cm³/mol. The van der Waals surface area contributed by atoms with Crippen LogP contribution in [0.2, 0.25) is 0 Å². The van der Waals surface area contributed by atoms with Crippen molar-refractivity contribution in [1.82, 2.24) is 10.6 Å². The fourth-order valence-corrected chi connectivity index (χ4v) is 2.04. The fraction of sp³-hybridized carbons (Fsp3) is 0.769. The second-order valence-electron chi connectivity index (χ2n) is 5.49. The second kappa shape index (κ2) is 8.39. The number of nitrogens with one attached hydrogen (secondary N) is 2. The molecule has 0 spiro atoms. The van der Waals surface area contributed by atoms with Crippen LogP contribution in [-0.2, 0) is 9.59 Å². The van der Waals surface area contributed by atoms with Crippen molar-refractivity contribution in [2.24, 2.45) is 17.8 Å². The van der Waals surface area contributed by atoms with Crippen molar-refractivity contribution in [3.8, 4) is 0 Å². The van der Waals surface area contributed by atoms with Crippen LogP contribution in [-0.4, -0.2) is 40.8 Å². The number of hydrogen-bond acceptors (Lipinski definition) is 3. The minimum absolute atomic E-state index is 0.267. The lowest BCUT2D eigenvalue weighted by atomic mass is 9.85. The summed E-state index contributed by atoms with van der Waals surface area (Å²) in [7, 11) is 0. The molecule has 1 atom stereocenters. The summed E-state index contributed by atoms with van der Waals surface area (Å²) in [5.74, 6) is -1.62. The molecule has 0 aromatic rings. The molecule has 7 heteroatoms. The maximum absolute atomic E-state index is 11.6. The first-order valence-electron chi connectivity index (χ1n) is 6.64. The van der Waals surface area contributed by atoms with Crippen molar-refractivity contribution in [2.75, 3.05) is 6.54 Å². The van der Waals surface area contributed by atoms with Gasteiger partial charge in [-0.3, -0.25) is 4.79 Å². The molecule has 7 nitrogen and oxygen atoms in total. The van der Waals surface area contributed by atoms with Crippen LogP contribution in [0.5, 0.6) is 0 Å². The third-order valence-electron chi connectivity index (χ3n) is 3.19. The van der Waals surface area contributed by atoms with Gasteiger partial charge in [-0.15, -0.1) is 0 Å². The molecule has 2 amide bonds. The van der Waals surface area contributed by atoms with E-state index in [-0.39, 0.29) is 5.92 Å². The molecule has 0 saturated heterocycles. The summed E-state index contributed by atoms with van der Waals surface area (Å²) in [6, 6.07) is -2.09. The molecule has 0 bridgehead atoms. The van der Waals surface area contributed by atoms with Gasteiger partial charge in [0.25, 0.3) is 0 Å². The van der Waals surface area contributed by atoms with E-state index < -0.39 is 30.4 Å². The summed E-state index contributed by atoms with van der Waals surface area (Å²) in [5, 5.41) is 22.1.